The Labute approximate surface area is 99.1 Å². The summed E-state index contributed by atoms with van der Waals surface area (Å²) in [6, 6.07) is 4.91. The summed E-state index contributed by atoms with van der Waals surface area (Å²) >= 11 is 0. The Kier molecular flexibility index (Phi) is 3.36. The Morgan fingerprint density at radius 2 is 2.24 bits per heavy atom. The number of carbonyl (C=O) groups excluding carboxylic acids is 1. The summed E-state index contributed by atoms with van der Waals surface area (Å²) in [6.07, 6.45) is 5.59. The minimum atomic E-state index is -0.292. The molecular formula is C12H12N2O3. The number of anilines is 1. The molecule has 17 heavy (non-hydrogen) atoms. The van der Waals surface area contributed by atoms with Crippen LogP contribution in [0.1, 0.15) is 6.42 Å². The number of urea groups is 1. The zero-order chi connectivity index (χ0) is 12.1. The molecule has 2 amide bonds. The number of ether oxygens (including phenoxy) is 2. The molecule has 5 nitrogen and oxygen atoms in total. The third-order valence-electron chi connectivity index (χ3n) is 2.19. The van der Waals surface area contributed by atoms with E-state index in [1.165, 1.54) is 0 Å². The molecule has 0 aliphatic carbocycles. The summed E-state index contributed by atoms with van der Waals surface area (Å²) in [5.41, 5.74) is 0.646. The number of amides is 2. The lowest BCUT2D eigenvalue weighted by molar-refractivity contribution is 0.174. The van der Waals surface area contributed by atoms with E-state index >= 15 is 0 Å². The van der Waals surface area contributed by atoms with Gasteiger partial charge in [0.05, 0.1) is 0 Å². The molecule has 1 aliphatic heterocycles. The van der Waals surface area contributed by atoms with Crippen molar-refractivity contribution < 1.29 is 14.3 Å². The lowest BCUT2D eigenvalue weighted by Crippen LogP contribution is -2.29. The summed E-state index contributed by atoms with van der Waals surface area (Å²) in [5.74, 6) is 3.76. The van der Waals surface area contributed by atoms with Gasteiger partial charge in [-0.05, 0) is 12.1 Å². The van der Waals surface area contributed by atoms with Crippen molar-refractivity contribution in [3.05, 3.63) is 18.2 Å². The van der Waals surface area contributed by atoms with Gasteiger partial charge in [0.1, 0.15) is 0 Å². The van der Waals surface area contributed by atoms with Crippen LogP contribution in [0.4, 0.5) is 10.5 Å². The van der Waals surface area contributed by atoms with Crippen LogP contribution in [0.3, 0.4) is 0 Å². The molecule has 0 radical (unpaired) electrons. The van der Waals surface area contributed by atoms with E-state index in [2.05, 4.69) is 16.6 Å². The molecular weight excluding hydrogens is 220 g/mol. The van der Waals surface area contributed by atoms with E-state index in [0.29, 0.717) is 30.2 Å². The summed E-state index contributed by atoms with van der Waals surface area (Å²) in [6.45, 7) is 0.667. The average Bonchev–Trinajstić information content (AvgIpc) is 2.76. The zero-order valence-corrected chi connectivity index (χ0v) is 9.16. The van der Waals surface area contributed by atoms with Crippen molar-refractivity contribution in [2.24, 2.45) is 0 Å². The SMILES string of the molecule is C#CCCNC(=O)Nc1ccc2c(c1)OCO2. The number of carbonyl (C=O) groups is 1. The lowest BCUT2D eigenvalue weighted by atomic mass is 10.3. The van der Waals surface area contributed by atoms with Crippen molar-refractivity contribution >= 4 is 11.7 Å². The number of benzene rings is 1. The van der Waals surface area contributed by atoms with Crippen LogP contribution < -0.4 is 20.1 Å². The number of hydrogen-bond donors (Lipinski definition) is 2. The Morgan fingerprint density at radius 1 is 1.41 bits per heavy atom. The van der Waals surface area contributed by atoms with Crippen molar-refractivity contribution in [1.82, 2.24) is 5.32 Å². The molecule has 1 aliphatic rings. The van der Waals surface area contributed by atoms with E-state index < -0.39 is 0 Å². The minimum absolute atomic E-state index is 0.215. The van der Waals surface area contributed by atoms with Crippen LogP contribution in [0.15, 0.2) is 18.2 Å². The zero-order valence-electron chi connectivity index (χ0n) is 9.16. The molecule has 2 rings (SSSR count). The molecule has 1 heterocycles. The molecule has 0 atom stereocenters. The lowest BCUT2D eigenvalue weighted by Gasteiger charge is -2.06. The van der Waals surface area contributed by atoms with Crippen molar-refractivity contribution in [3.63, 3.8) is 0 Å². The topological polar surface area (TPSA) is 59.6 Å². The number of hydrogen-bond acceptors (Lipinski definition) is 3. The van der Waals surface area contributed by atoms with Gasteiger partial charge >= 0.3 is 6.03 Å². The molecule has 0 spiro atoms. The van der Waals surface area contributed by atoms with Gasteiger partial charge in [-0.2, -0.15) is 0 Å². The molecule has 5 heteroatoms. The summed E-state index contributed by atoms with van der Waals surface area (Å²) in [7, 11) is 0. The molecule has 0 unspecified atom stereocenters. The quantitative estimate of drug-likeness (QED) is 0.614. The number of fused-ring (bicyclic) bond motifs is 1. The van der Waals surface area contributed by atoms with Gasteiger partial charge in [0, 0.05) is 24.7 Å². The number of terminal acetylenes is 1. The normalized spacial score (nSPS) is 11.7. The van der Waals surface area contributed by atoms with E-state index in [9.17, 15) is 4.79 Å². The van der Waals surface area contributed by atoms with Crippen LogP contribution in [0.25, 0.3) is 0 Å². The Balaban J connectivity index is 1.91. The predicted molar refractivity (Wildman–Crippen MR) is 63.0 cm³/mol. The van der Waals surface area contributed by atoms with Gasteiger partial charge in [-0.25, -0.2) is 4.79 Å². The van der Waals surface area contributed by atoms with E-state index in [-0.39, 0.29) is 12.8 Å². The van der Waals surface area contributed by atoms with E-state index in [0.717, 1.165) is 0 Å². The first-order chi connectivity index (χ1) is 8.29. The molecule has 1 aromatic rings. The van der Waals surface area contributed by atoms with Crippen molar-refractivity contribution in [2.75, 3.05) is 18.7 Å². The van der Waals surface area contributed by atoms with E-state index in [1.54, 1.807) is 18.2 Å². The van der Waals surface area contributed by atoms with Crippen molar-refractivity contribution in [3.8, 4) is 23.8 Å². The average molecular weight is 232 g/mol. The second-order valence-corrected chi connectivity index (χ2v) is 3.40. The monoisotopic (exact) mass is 232 g/mol. The molecule has 0 fully saturated rings. The fourth-order valence-electron chi connectivity index (χ4n) is 1.40. The van der Waals surface area contributed by atoms with Gasteiger partial charge in [0.25, 0.3) is 0 Å². The number of nitrogens with one attached hydrogen (secondary N) is 2. The van der Waals surface area contributed by atoms with E-state index in [1.807, 2.05) is 0 Å². The molecule has 2 N–H and O–H groups in total. The predicted octanol–water partition coefficient (Wildman–Crippen LogP) is 1.56. The summed E-state index contributed by atoms with van der Waals surface area (Å²) in [5, 5.41) is 5.31. The number of rotatable bonds is 3. The fourth-order valence-corrected chi connectivity index (χ4v) is 1.40. The van der Waals surface area contributed by atoms with Crippen LogP contribution in [0, 0.1) is 12.3 Å². The first kappa shape index (κ1) is 11.1. The summed E-state index contributed by atoms with van der Waals surface area (Å²) < 4.78 is 10.4. The Hall–Kier alpha value is -2.35. The van der Waals surface area contributed by atoms with E-state index in [4.69, 9.17) is 15.9 Å². The largest absolute Gasteiger partial charge is 0.454 e. The second-order valence-electron chi connectivity index (χ2n) is 3.40. The third-order valence-corrected chi connectivity index (χ3v) is 2.19. The van der Waals surface area contributed by atoms with Gasteiger partial charge in [-0.15, -0.1) is 12.3 Å². The maximum absolute atomic E-state index is 11.4. The first-order valence-corrected chi connectivity index (χ1v) is 5.17. The van der Waals surface area contributed by atoms with Gasteiger partial charge < -0.3 is 20.1 Å². The molecule has 0 aromatic heterocycles. The smallest absolute Gasteiger partial charge is 0.319 e. The fraction of sp³-hybridized carbons (Fsp3) is 0.250. The highest BCUT2D eigenvalue weighted by atomic mass is 16.7. The molecule has 88 valence electrons. The van der Waals surface area contributed by atoms with Gasteiger partial charge in [0.2, 0.25) is 6.79 Å². The van der Waals surface area contributed by atoms with Crippen LogP contribution >= 0.6 is 0 Å². The molecule has 0 saturated heterocycles. The third kappa shape index (κ3) is 2.82. The first-order valence-electron chi connectivity index (χ1n) is 5.17. The van der Waals surface area contributed by atoms with Gasteiger partial charge in [-0.3, -0.25) is 0 Å². The van der Waals surface area contributed by atoms with Crippen LogP contribution in [0.2, 0.25) is 0 Å². The van der Waals surface area contributed by atoms with Crippen LogP contribution in [-0.2, 0) is 0 Å². The van der Waals surface area contributed by atoms with Crippen LogP contribution in [0.5, 0.6) is 11.5 Å². The van der Waals surface area contributed by atoms with Crippen LogP contribution in [-0.4, -0.2) is 19.4 Å². The summed E-state index contributed by atoms with van der Waals surface area (Å²) in [4.78, 5) is 11.4. The highest BCUT2D eigenvalue weighted by Gasteiger charge is 2.13. The highest BCUT2D eigenvalue weighted by molar-refractivity contribution is 5.89. The molecule has 1 aromatic carbocycles. The standard InChI is InChI=1S/C12H12N2O3/c1-2-3-6-13-12(15)14-9-4-5-10-11(7-9)17-8-16-10/h1,4-5,7H,3,6,8H2,(H2,13,14,15). The Bertz CT molecular complexity index is 465. The maximum atomic E-state index is 11.4. The van der Waals surface area contributed by atoms with Gasteiger partial charge in [-0.1, -0.05) is 0 Å². The van der Waals surface area contributed by atoms with Gasteiger partial charge in [0.15, 0.2) is 11.5 Å². The van der Waals surface area contributed by atoms with Crippen molar-refractivity contribution in [2.45, 2.75) is 6.42 Å². The maximum Gasteiger partial charge on any atom is 0.319 e. The Morgan fingerprint density at radius 3 is 3.06 bits per heavy atom. The second kappa shape index (κ2) is 5.12. The molecule has 0 bridgehead atoms. The minimum Gasteiger partial charge on any atom is -0.454 e. The molecule has 0 saturated carbocycles. The highest BCUT2D eigenvalue weighted by Crippen LogP contribution is 2.34. The van der Waals surface area contributed by atoms with Crippen molar-refractivity contribution in [1.29, 1.82) is 0 Å².